The van der Waals surface area contributed by atoms with E-state index < -0.39 is 0 Å². The molecule has 0 aromatic carbocycles. The van der Waals surface area contributed by atoms with Crippen molar-refractivity contribution in [2.45, 2.75) is 51.4 Å². The second kappa shape index (κ2) is 4.97. The van der Waals surface area contributed by atoms with Gasteiger partial charge >= 0.3 is 0 Å². The molecule has 2 aliphatic rings. The van der Waals surface area contributed by atoms with Crippen LogP contribution in [-0.2, 0) is 6.54 Å². The number of hydrogen-bond donors (Lipinski definition) is 1. The zero-order valence-corrected chi connectivity index (χ0v) is 11.3. The first-order valence-corrected chi connectivity index (χ1v) is 7.06. The molecule has 5 heteroatoms. The number of piperidine rings is 1. The summed E-state index contributed by atoms with van der Waals surface area (Å²) in [6.07, 6.45) is 6.04. The van der Waals surface area contributed by atoms with Gasteiger partial charge in [0, 0.05) is 18.1 Å². The zero-order chi connectivity index (χ0) is 12.5. The first-order valence-electron chi connectivity index (χ1n) is 7.06. The van der Waals surface area contributed by atoms with E-state index in [1.54, 1.807) is 6.33 Å². The van der Waals surface area contributed by atoms with Crippen molar-refractivity contribution >= 4 is 0 Å². The van der Waals surface area contributed by atoms with E-state index in [0.717, 1.165) is 18.5 Å². The average Bonchev–Trinajstić information content (AvgIpc) is 2.95. The smallest absolute Gasteiger partial charge is 0.137 e. The van der Waals surface area contributed by atoms with Crippen LogP contribution < -0.4 is 5.32 Å². The monoisotopic (exact) mass is 249 g/mol. The van der Waals surface area contributed by atoms with Crippen molar-refractivity contribution in [1.29, 1.82) is 0 Å². The molecule has 5 nitrogen and oxygen atoms in total. The van der Waals surface area contributed by atoms with Crippen LogP contribution in [0.3, 0.4) is 0 Å². The first-order chi connectivity index (χ1) is 8.75. The number of fused-ring (bicyclic) bond motifs is 1. The highest BCUT2D eigenvalue weighted by Gasteiger charge is 2.43. The van der Waals surface area contributed by atoms with Crippen molar-refractivity contribution in [1.82, 2.24) is 25.0 Å². The van der Waals surface area contributed by atoms with Gasteiger partial charge in [-0.1, -0.05) is 0 Å². The minimum Gasteiger partial charge on any atom is -0.316 e. The number of aromatic nitrogens is 3. The van der Waals surface area contributed by atoms with Gasteiger partial charge in [0.15, 0.2) is 0 Å². The van der Waals surface area contributed by atoms with Gasteiger partial charge in [0.05, 0.1) is 6.54 Å². The van der Waals surface area contributed by atoms with Crippen molar-refractivity contribution in [3.8, 4) is 0 Å². The highest BCUT2D eigenvalue weighted by molar-refractivity contribution is 4.98. The molecule has 0 radical (unpaired) electrons. The summed E-state index contributed by atoms with van der Waals surface area (Å²) in [7, 11) is 0. The Morgan fingerprint density at radius 3 is 3.06 bits per heavy atom. The van der Waals surface area contributed by atoms with Crippen LogP contribution in [0.2, 0.25) is 0 Å². The summed E-state index contributed by atoms with van der Waals surface area (Å²) in [6, 6.07) is 1.99. The molecule has 0 aliphatic carbocycles. The van der Waals surface area contributed by atoms with Crippen LogP contribution in [0.4, 0.5) is 0 Å². The molecular formula is C13H23N5. The van der Waals surface area contributed by atoms with E-state index in [9.17, 15) is 0 Å². The van der Waals surface area contributed by atoms with Crippen LogP contribution in [0.15, 0.2) is 12.7 Å². The van der Waals surface area contributed by atoms with E-state index in [4.69, 9.17) is 0 Å². The minimum atomic E-state index is 0.613. The molecule has 2 fully saturated rings. The molecule has 0 spiro atoms. The zero-order valence-electron chi connectivity index (χ0n) is 11.3. The van der Waals surface area contributed by atoms with Gasteiger partial charge in [-0.25, -0.2) is 4.98 Å². The summed E-state index contributed by atoms with van der Waals surface area (Å²) in [5, 5.41) is 7.79. The normalized spacial score (nSPS) is 32.9. The predicted octanol–water partition coefficient (Wildman–Crippen LogP) is 0.739. The highest BCUT2D eigenvalue weighted by Crippen LogP contribution is 2.35. The summed E-state index contributed by atoms with van der Waals surface area (Å²) >= 11 is 0. The molecule has 1 aromatic rings. The Hall–Kier alpha value is -0.940. The van der Waals surface area contributed by atoms with Gasteiger partial charge in [-0.2, -0.15) is 5.10 Å². The fourth-order valence-electron chi connectivity index (χ4n) is 3.80. The topological polar surface area (TPSA) is 46.0 Å². The van der Waals surface area contributed by atoms with Crippen LogP contribution in [0, 0.1) is 5.92 Å². The lowest BCUT2D eigenvalue weighted by Crippen LogP contribution is -2.48. The third-order valence-corrected chi connectivity index (χ3v) is 4.41. The molecule has 2 aliphatic heterocycles. The number of nitrogens with zero attached hydrogens (tertiary/aromatic N) is 4. The van der Waals surface area contributed by atoms with Gasteiger partial charge in [0.2, 0.25) is 0 Å². The second-order valence-corrected chi connectivity index (χ2v) is 5.87. The highest BCUT2D eigenvalue weighted by atomic mass is 15.3. The molecule has 1 N–H and O–H groups in total. The Morgan fingerprint density at radius 1 is 1.44 bits per heavy atom. The number of rotatable bonds is 3. The molecule has 3 atom stereocenters. The summed E-state index contributed by atoms with van der Waals surface area (Å²) in [5.41, 5.74) is 0. The third-order valence-electron chi connectivity index (χ3n) is 4.41. The van der Waals surface area contributed by atoms with Gasteiger partial charge in [-0.15, -0.1) is 0 Å². The number of nitrogens with one attached hydrogen (secondary N) is 1. The SMILES string of the molecule is CC(C)N1[C@H](Cn2cncn2)C[C@@H]2CNCC[C@@H]21. The van der Waals surface area contributed by atoms with E-state index in [2.05, 4.69) is 34.1 Å². The molecule has 2 saturated heterocycles. The van der Waals surface area contributed by atoms with Crippen molar-refractivity contribution in [3.63, 3.8) is 0 Å². The number of likely N-dealkylation sites (tertiary alicyclic amines) is 1. The Labute approximate surface area is 109 Å². The van der Waals surface area contributed by atoms with Crippen LogP contribution in [-0.4, -0.2) is 50.9 Å². The van der Waals surface area contributed by atoms with Crippen LogP contribution >= 0.6 is 0 Å². The van der Waals surface area contributed by atoms with Crippen LogP contribution in [0.1, 0.15) is 26.7 Å². The molecule has 3 heterocycles. The number of hydrogen-bond acceptors (Lipinski definition) is 4. The third kappa shape index (κ3) is 2.17. The van der Waals surface area contributed by atoms with Crippen LogP contribution in [0.5, 0.6) is 0 Å². The largest absolute Gasteiger partial charge is 0.316 e. The molecule has 0 bridgehead atoms. The first kappa shape index (κ1) is 12.1. The van der Waals surface area contributed by atoms with Crippen molar-refractivity contribution in [2.24, 2.45) is 5.92 Å². The maximum atomic E-state index is 4.25. The Bertz CT molecular complexity index is 375. The minimum absolute atomic E-state index is 0.613. The maximum absolute atomic E-state index is 4.25. The molecule has 3 rings (SSSR count). The molecule has 18 heavy (non-hydrogen) atoms. The Kier molecular flexibility index (Phi) is 3.35. The molecular weight excluding hydrogens is 226 g/mol. The van der Waals surface area contributed by atoms with E-state index in [0.29, 0.717) is 12.1 Å². The standard InChI is InChI=1S/C13H23N5/c1-10(2)18-12(7-17-9-15-8-16-17)5-11-6-14-4-3-13(11)18/h8-14H,3-7H2,1-2H3/t11-,12+,13+/m1/s1. The predicted molar refractivity (Wildman–Crippen MR) is 70.2 cm³/mol. The molecule has 1 aromatic heterocycles. The lowest BCUT2D eigenvalue weighted by atomic mass is 9.93. The second-order valence-electron chi connectivity index (χ2n) is 5.87. The molecule has 0 amide bonds. The van der Waals surface area contributed by atoms with Gasteiger partial charge in [0.1, 0.15) is 12.7 Å². The summed E-state index contributed by atoms with van der Waals surface area (Å²) in [4.78, 5) is 6.76. The molecule has 100 valence electrons. The van der Waals surface area contributed by atoms with E-state index in [-0.39, 0.29) is 0 Å². The van der Waals surface area contributed by atoms with Gasteiger partial charge < -0.3 is 5.32 Å². The van der Waals surface area contributed by atoms with Crippen LogP contribution in [0.25, 0.3) is 0 Å². The molecule has 0 saturated carbocycles. The quantitative estimate of drug-likeness (QED) is 0.858. The van der Waals surface area contributed by atoms with E-state index >= 15 is 0 Å². The Balaban J connectivity index is 1.76. The average molecular weight is 249 g/mol. The summed E-state index contributed by atoms with van der Waals surface area (Å²) in [6.45, 7) is 7.96. The Morgan fingerprint density at radius 2 is 2.33 bits per heavy atom. The van der Waals surface area contributed by atoms with Crippen molar-refractivity contribution in [2.75, 3.05) is 13.1 Å². The van der Waals surface area contributed by atoms with Gasteiger partial charge in [0.25, 0.3) is 0 Å². The lowest BCUT2D eigenvalue weighted by molar-refractivity contribution is 0.110. The lowest BCUT2D eigenvalue weighted by Gasteiger charge is -2.37. The van der Waals surface area contributed by atoms with E-state index in [1.807, 2.05) is 11.0 Å². The van der Waals surface area contributed by atoms with Gasteiger partial charge in [-0.3, -0.25) is 9.58 Å². The summed E-state index contributed by atoms with van der Waals surface area (Å²) in [5.74, 6) is 0.815. The van der Waals surface area contributed by atoms with Crippen molar-refractivity contribution in [3.05, 3.63) is 12.7 Å². The van der Waals surface area contributed by atoms with Gasteiger partial charge in [-0.05, 0) is 45.7 Å². The fourth-order valence-corrected chi connectivity index (χ4v) is 3.80. The van der Waals surface area contributed by atoms with E-state index in [1.165, 1.54) is 25.9 Å². The van der Waals surface area contributed by atoms with Crippen molar-refractivity contribution < 1.29 is 0 Å². The maximum Gasteiger partial charge on any atom is 0.137 e. The fraction of sp³-hybridized carbons (Fsp3) is 0.846. The molecule has 0 unspecified atom stereocenters. The summed E-state index contributed by atoms with van der Waals surface area (Å²) < 4.78 is 1.98.